The Balaban J connectivity index is 1.49. The molecular weight excluding hydrogens is 376 g/mol. The quantitative estimate of drug-likeness (QED) is 0.534. The first-order valence-corrected chi connectivity index (χ1v) is 9.10. The van der Waals surface area contributed by atoms with Crippen LogP contribution in [0, 0.1) is 0 Å². The summed E-state index contributed by atoms with van der Waals surface area (Å²) in [6.07, 6.45) is 1.70. The van der Waals surface area contributed by atoms with Gasteiger partial charge in [0.05, 0.1) is 12.7 Å². The molecule has 0 unspecified atom stereocenters. The first kappa shape index (κ1) is 18.1. The predicted octanol–water partition coefficient (Wildman–Crippen LogP) is 5.54. The summed E-state index contributed by atoms with van der Waals surface area (Å²) < 4.78 is 16.8. The third-order valence-electron chi connectivity index (χ3n) is 4.35. The molecule has 0 aromatic heterocycles. The lowest BCUT2D eigenvalue weighted by molar-refractivity contribution is 0.101. The van der Waals surface area contributed by atoms with Crippen LogP contribution in [0.15, 0.2) is 72.5 Å². The van der Waals surface area contributed by atoms with E-state index in [1.165, 1.54) is 0 Å². The van der Waals surface area contributed by atoms with Gasteiger partial charge in [-0.15, -0.1) is 0 Å². The van der Waals surface area contributed by atoms with Gasteiger partial charge in [-0.25, -0.2) is 0 Å². The molecule has 0 spiro atoms. The fourth-order valence-corrected chi connectivity index (χ4v) is 3.02. The Kier molecular flexibility index (Phi) is 5.04. The number of halogens is 1. The summed E-state index contributed by atoms with van der Waals surface area (Å²) in [5.74, 6) is 2.03. The molecule has 0 bridgehead atoms. The highest BCUT2D eigenvalue weighted by Gasteiger charge is 2.27. The summed E-state index contributed by atoms with van der Waals surface area (Å²) in [4.78, 5) is 12.6. The third kappa shape index (κ3) is 3.87. The molecule has 0 aliphatic carbocycles. The first-order chi connectivity index (χ1) is 13.6. The minimum atomic E-state index is -0.149. The summed E-state index contributed by atoms with van der Waals surface area (Å²) in [7, 11) is 1.63. The zero-order valence-corrected chi connectivity index (χ0v) is 15.9. The van der Waals surface area contributed by atoms with Gasteiger partial charge in [-0.1, -0.05) is 35.9 Å². The smallest absolute Gasteiger partial charge is 0.231 e. The lowest BCUT2D eigenvalue weighted by Crippen LogP contribution is -1.98. The van der Waals surface area contributed by atoms with E-state index in [-0.39, 0.29) is 11.5 Å². The number of carbonyl (C=O) groups excluding carboxylic acids is 1. The standard InChI is InChI=1S/C23H17ClO4/c1-26-18-4-2-3-16(11-18)14-27-19-9-10-20-21(13-19)28-22(23(20)25)12-15-5-7-17(24)8-6-15/h2-13H,14H2,1H3/b22-12-. The van der Waals surface area contributed by atoms with Crippen LogP contribution in [0.5, 0.6) is 17.2 Å². The molecule has 0 amide bonds. The molecule has 5 heteroatoms. The molecule has 3 aromatic rings. The monoisotopic (exact) mass is 392 g/mol. The van der Waals surface area contributed by atoms with Gasteiger partial charge in [0, 0.05) is 11.1 Å². The van der Waals surface area contributed by atoms with Crippen molar-refractivity contribution in [2.75, 3.05) is 7.11 Å². The lowest BCUT2D eigenvalue weighted by Gasteiger charge is -2.08. The maximum absolute atomic E-state index is 12.6. The average Bonchev–Trinajstić information content (AvgIpc) is 3.03. The van der Waals surface area contributed by atoms with Crippen LogP contribution < -0.4 is 14.2 Å². The van der Waals surface area contributed by atoms with Gasteiger partial charge in [0.1, 0.15) is 23.9 Å². The summed E-state index contributed by atoms with van der Waals surface area (Å²) in [6, 6.07) is 20.1. The lowest BCUT2D eigenvalue weighted by atomic mass is 10.1. The van der Waals surface area contributed by atoms with Gasteiger partial charge in [-0.2, -0.15) is 0 Å². The SMILES string of the molecule is COc1cccc(COc2ccc3c(c2)O/C(=C\c2ccc(Cl)cc2)C3=O)c1. The van der Waals surface area contributed by atoms with Crippen molar-refractivity contribution in [3.05, 3.63) is 94.2 Å². The number of allylic oxidation sites excluding steroid dienone is 1. The Morgan fingerprint density at radius 3 is 2.61 bits per heavy atom. The molecular formula is C23H17ClO4. The molecule has 140 valence electrons. The van der Waals surface area contributed by atoms with Crippen molar-refractivity contribution in [1.82, 2.24) is 0 Å². The van der Waals surface area contributed by atoms with Gasteiger partial charge >= 0.3 is 0 Å². The summed E-state index contributed by atoms with van der Waals surface area (Å²) in [5, 5.41) is 0.641. The summed E-state index contributed by atoms with van der Waals surface area (Å²) >= 11 is 5.90. The second-order valence-electron chi connectivity index (χ2n) is 6.29. The molecule has 0 N–H and O–H groups in total. The van der Waals surface area contributed by atoms with Gasteiger partial charge in [-0.3, -0.25) is 4.79 Å². The van der Waals surface area contributed by atoms with E-state index in [0.29, 0.717) is 28.7 Å². The van der Waals surface area contributed by atoms with Crippen LogP contribution in [-0.4, -0.2) is 12.9 Å². The maximum Gasteiger partial charge on any atom is 0.231 e. The normalized spacial score (nSPS) is 13.9. The van der Waals surface area contributed by atoms with Crippen molar-refractivity contribution in [2.45, 2.75) is 6.61 Å². The predicted molar refractivity (Wildman–Crippen MR) is 108 cm³/mol. The highest BCUT2D eigenvalue weighted by Crippen LogP contribution is 2.35. The van der Waals surface area contributed by atoms with E-state index in [1.54, 1.807) is 43.5 Å². The molecule has 0 fully saturated rings. The average molecular weight is 393 g/mol. The van der Waals surface area contributed by atoms with E-state index < -0.39 is 0 Å². The molecule has 4 nitrogen and oxygen atoms in total. The topological polar surface area (TPSA) is 44.8 Å². The van der Waals surface area contributed by atoms with E-state index in [2.05, 4.69) is 0 Å². The van der Waals surface area contributed by atoms with Crippen molar-refractivity contribution in [3.8, 4) is 17.2 Å². The first-order valence-electron chi connectivity index (χ1n) is 8.72. The van der Waals surface area contributed by atoms with Gasteiger partial charge in [0.25, 0.3) is 0 Å². The second-order valence-corrected chi connectivity index (χ2v) is 6.73. The fourth-order valence-electron chi connectivity index (χ4n) is 2.90. The van der Waals surface area contributed by atoms with Gasteiger partial charge in [-0.05, 0) is 53.6 Å². The fraction of sp³-hybridized carbons (Fsp3) is 0.0870. The number of hydrogen-bond acceptors (Lipinski definition) is 4. The number of fused-ring (bicyclic) bond motifs is 1. The zero-order valence-electron chi connectivity index (χ0n) is 15.1. The second kappa shape index (κ2) is 7.79. The van der Waals surface area contributed by atoms with Crippen LogP contribution in [0.25, 0.3) is 6.08 Å². The molecule has 4 rings (SSSR count). The highest BCUT2D eigenvalue weighted by atomic mass is 35.5. The number of methoxy groups -OCH3 is 1. The van der Waals surface area contributed by atoms with Crippen LogP contribution >= 0.6 is 11.6 Å². The van der Waals surface area contributed by atoms with E-state index in [9.17, 15) is 4.79 Å². The van der Waals surface area contributed by atoms with E-state index >= 15 is 0 Å². The molecule has 28 heavy (non-hydrogen) atoms. The van der Waals surface area contributed by atoms with Gasteiger partial charge < -0.3 is 14.2 Å². The molecule has 0 atom stereocenters. The Morgan fingerprint density at radius 2 is 1.82 bits per heavy atom. The molecule has 0 radical (unpaired) electrons. The van der Waals surface area contributed by atoms with Gasteiger partial charge in [0.15, 0.2) is 5.76 Å². The number of carbonyl (C=O) groups is 1. The number of benzene rings is 3. The van der Waals surface area contributed by atoms with Gasteiger partial charge in [0.2, 0.25) is 5.78 Å². The summed E-state index contributed by atoms with van der Waals surface area (Å²) in [6.45, 7) is 0.386. The summed E-state index contributed by atoms with van der Waals surface area (Å²) in [5.41, 5.74) is 2.35. The largest absolute Gasteiger partial charge is 0.497 e. The van der Waals surface area contributed by atoms with Crippen LogP contribution in [0.4, 0.5) is 0 Å². The third-order valence-corrected chi connectivity index (χ3v) is 4.60. The minimum absolute atomic E-state index is 0.149. The van der Waals surface area contributed by atoms with E-state index in [0.717, 1.165) is 16.9 Å². The van der Waals surface area contributed by atoms with Crippen molar-refractivity contribution < 1.29 is 19.0 Å². The van der Waals surface area contributed by atoms with Crippen molar-refractivity contribution >= 4 is 23.5 Å². The van der Waals surface area contributed by atoms with Crippen LogP contribution in [0.2, 0.25) is 5.02 Å². The van der Waals surface area contributed by atoms with Crippen LogP contribution in [0.1, 0.15) is 21.5 Å². The Morgan fingerprint density at radius 1 is 1.00 bits per heavy atom. The van der Waals surface area contributed by atoms with Crippen molar-refractivity contribution in [2.24, 2.45) is 0 Å². The number of ketones is 1. The molecule has 1 aliphatic rings. The number of hydrogen-bond donors (Lipinski definition) is 0. The molecule has 0 saturated heterocycles. The van der Waals surface area contributed by atoms with Crippen LogP contribution in [-0.2, 0) is 6.61 Å². The Labute approximate surface area is 167 Å². The Bertz CT molecular complexity index is 1050. The highest BCUT2D eigenvalue weighted by molar-refractivity contribution is 6.30. The van der Waals surface area contributed by atoms with Crippen LogP contribution in [0.3, 0.4) is 0 Å². The van der Waals surface area contributed by atoms with Crippen molar-refractivity contribution in [1.29, 1.82) is 0 Å². The van der Waals surface area contributed by atoms with Crippen molar-refractivity contribution in [3.63, 3.8) is 0 Å². The number of ether oxygens (including phenoxy) is 3. The van der Waals surface area contributed by atoms with E-state index in [4.69, 9.17) is 25.8 Å². The molecule has 1 aliphatic heterocycles. The van der Waals surface area contributed by atoms with E-state index in [1.807, 2.05) is 36.4 Å². The molecule has 3 aromatic carbocycles. The minimum Gasteiger partial charge on any atom is -0.497 e. The zero-order chi connectivity index (χ0) is 19.5. The maximum atomic E-state index is 12.6. The Hall–Kier alpha value is -3.24. The molecule has 0 saturated carbocycles. The number of rotatable bonds is 5. The number of Topliss-reactive ketones (excluding diaryl/α,β-unsaturated/α-hetero) is 1. The molecule has 1 heterocycles.